The van der Waals surface area contributed by atoms with Gasteiger partial charge in [-0.2, -0.15) is 0 Å². The van der Waals surface area contributed by atoms with Crippen LogP contribution in [0.1, 0.15) is 57.4 Å². The molecule has 0 fully saturated rings. The quantitative estimate of drug-likeness (QED) is 0.431. The first-order chi connectivity index (χ1) is 8.86. The maximum absolute atomic E-state index is 10.3. The third-order valence-electron chi connectivity index (χ3n) is 3.15. The number of rotatable bonds is 10. The van der Waals surface area contributed by atoms with E-state index in [-0.39, 0.29) is 16.8 Å². The van der Waals surface area contributed by atoms with Crippen LogP contribution < -0.4 is 4.52 Å². The number of benzene rings is 1. The van der Waals surface area contributed by atoms with Crippen molar-refractivity contribution in [3.63, 3.8) is 0 Å². The Balaban J connectivity index is 0.00000324. The van der Waals surface area contributed by atoms with Gasteiger partial charge in [0, 0.05) is 0 Å². The van der Waals surface area contributed by atoms with Gasteiger partial charge in [0.1, 0.15) is 0 Å². The van der Waals surface area contributed by atoms with Crippen LogP contribution in [-0.2, 0) is 27.8 Å². The molecule has 0 aliphatic carbocycles. The van der Waals surface area contributed by atoms with Crippen molar-refractivity contribution >= 4 is 8.69 Å². The Morgan fingerprint density at radius 2 is 1.53 bits per heavy atom. The Kier molecular flexibility index (Phi) is 12.4. The van der Waals surface area contributed by atoms with Gasteiger partial charge in [-0.25, -0.2) is 0 Å². The maximum Gasteiger partial charge on any atom is 2.00 e. The summed E-state index contributed by atoms with van der Waals surface area (Å²) in [5.74, 6) is 0.687. The molecule has 4 heteroatoms. The van der Waals surface area contributed by atoms with E-state index < -0.39 is 8.69 Å². The first kappa shape index (κ1) is 18.6. The Morgan fingerprint density at radius 3 is 2.11 bits per heavy atom. The van der Waals surface area contributed by atoms with Crippen LogP contribution in [0.2, 0.25) is 0 Å². The molecule has 0 bridgehead atoms. The largest absolute Gasteiger partial charge is 2.00 e. The van der Waals surface area contributed by atoms with Crippen LogP contribution in [0.25, 0.3) is 0 Å². The summed E-state index contributed by atoms with van der Waals surface area (Å²) < 4.78 is 15.2. The standard InChI is InChI=1S/C15H24O2P.Co/c1-2-3-4-5-6-7-8-9-14-10-12-15(13-11-14)17-18-16;/h10-13,18H,2-9H2,1H3;/q+1;+2. The minimum absolute atomic E-state index is 0. The van der Waals surface area contributed by atoms with Crippen molar-refractivity contribution in [2.75, 3.05) is 0 Å². The van der Waals surface area contributed by atoms with Gasteiger partial charge in [-0.15, -0.1) is 0 Å². The van der Waals surface area contributed by atoms with Crippen molar-refractivity contribution in [3.8, 4) is 5.75 Å². The molecule has 0 aromatic heterocycles. The van der Waals surface area contributed by atoms with Crippen LogP contribution in [0.4, 0.5) is 0 Å². The molecule has 0 saturated heterocycles. The second-order valence-corrected chi connectivity index (χ2v) is 5.07. The van der Waals surface area contributed by atoms with E-state index in [2.05, 4.69) is 19.1 Å². The van der Waals surface area contributed by atoms with Crippen LogP contribution >= 0.6 is 8.69 Å². The predicted octanol–water partition coefficient (Wildman–Crippen LogP) is 5.30. The molecule has 0 saturated carbocycles. The molecule has 107 valence electrons. The van der Waals surface area contributed by atoms with E-state index in [1.807, 2.05) is 12.1 Å². The topological polar surface area (TPSA) is 26.3 Å². The Morgan fingerprint density at radius 1 is 0.947 bits per heavy atom. The van der Waals surface area contributed by atoms with Crippen molar-refractivity contribution in [2.45, 2.75) is 58.3 Å². The maximum atomic E-state index is 10.3. The van der Waals surface area contributed by atoms with E-state index in [4.69, 9.17) is 4.52 Å². The molecule has 1 atom stereocenters. The van der Waals surface area contributed by atoms with E-state index in [1.54, 1.807) is 0 Å². The molecule has 0 amide bonds. The molecule has 0 heterocycles. The molecule has 19 heavy (non-hydrogen) atoms. The molecule has 1 rings (SSSR count). The van der Waals surface area contributed by atoms with Gasteiger partial charge < -0.3 is 0 Å². The third kappa shape index (κ3) is 9.20. The van der Waals surface area contributed by atoms with Crippen LogP contribution in [0, 0.1) is 0 Å². The number of hydrogen-bond acceptors (Lipinski definition) is 2. The van der Waals surface area contributed by atoms with E-state index in [0.717, 1.165) is 6.42 Å². The van der Waals surface area contributed by atoms with Crippen molar-refractivity contribution in [1.29, 1.82) is 0 Å². The summed E-state index contributed by atoms with van der Waals surface area (Å²) in [5.41, 5.74) is 1.34. The molecule has 1 aromatic rings. The first-order valence-electron chi connectivity index (χ1n) is 6.99. The van der Waals surface area contributed by atoms with Crippen LogP contribution in [0.5, 0.6) is 5.75 Å². The van der Waals surface area contributed by atoms with Gasteiger partial charge in [0.05, 0.1) is 0 Å². The van der Waals surface area contributed by atoms with Gasteiger partial charge >= 0.3 is 25.5 Å². The summed E-state index contributed by atoms with van der Waals surface area (Å²) in [6.07, 6.45) is 10.5. The fraction of sp³-hybridized carbons (Fsp3) is 0.600. The third-order valence-corrected chi connectivity index (χ3v) is 3.47. The van der Waals surface area contributed by atoms with Crippen LogP contribution in [-0.4, -0.2) is 0 Å². The second kappa shape index (κ2) is 12.6. The fourth-order valence-electron chi connectivity index (χ4n) is 2.06. The zero-order chi connectivity index (χ0) is 13.1. The molecule has 0 spiro atoms. The average molecular weight is 326 g/mol. The SMILES string of the molecule is CCCCCCCCCc1ccc(O[PH+]=O)cc1.[Co+2]. The zero-order valence-corrected chi connectivity index (χ0v) is 13.7. The number of unbranched alkanes of at least 4 members (excludes halogenated alkanes) is 6. The zero-order valence-electron chi connectivity index (χ0n) is 11.6. The molecule has 1 aromatic carbocycles. The van der Waals surface area contributed by atoms with Crippen molar-refractivity contribution < 1.29 is 25.9 Å². The summed E-state index contributed by atoms with van der Waals surface area (Å²) in [6, 6.07) is 7.90. The Hall–Kier alpha value is -0.374. The van der Waals surface area contributed by atoms with Gasteiger partial charge in [-0.3, -0.25) is 4.52 Å². The van der Waals surface area contributed by atoms with Crippen molar-refractivity contribution in [2.24, 2.45) is 0 Å². The second-order valence-electron chi connectivity index (χ2n) is 4.70. The molecular weight excluding hydrogens is 302 g/mol. The molecule has 2 nitrogen and oxygen atoms in total. The summed E-state index contributed by atoms with van der Waals surface area (Å²) >= 11 is 0. The molecule has 1 unspecified atom stereocenters. The molecule has 0 aliphatic rings. The monoisotopic (exact) mass is 326 g/mol. The number of aryl methyl sites for hydroxylation is 1. The van der Waals surface area contributed by atoms with E-state index in [1.165, 1.54) is 50.5 Å². The number of hydrogen-bond donors (Lipinski definition) is 0. The fourth-order valence-corrected chi connectivity index (χ4v) is 2.29. The van der Waals surface area contributed by atoms with Gasteiger partial charge in [-0.1, -0.05) is 57.6 Å². The predicted molar refractivity (Wildman–Crippen MR) is 77.8 cm³/mol. The van der Waals surface area contributed by atoms with Crippen molar-refractivity contribution in [1.82, 2.24) is 0 Å². The summed E-state index contributed by atoms with van der Waals surface area (Å²) in [5, 5.41) is 0. The first-order valence-corrected chi connectivity index (χ1v) is 7.81. The summed E-state index contributed by atoms with van der Waals surface area (Å²) in [4.78, 5) is 0. The normalized spacial score (nSPS) is 10.2. The van der Waals surface area contributed by atoms with Crippen molar-refractivity contribution in [3.05, 3.63) is 29.8 Å². The minimum atomic E-state index is -0.718. The Bertz CT molecular complexity index is 327. The smallest absolute Gasteiger partial charge is 0.256 e. The minimum Gasteiger partial charge on any atom is -0.256 e. The molecule has 1 radical (unpaired) electrons. The van der Waals surface area contributed by atoms with Gasteiger partial charge in [-0.05, 0) is 35.1 Å². The van der Waals surface area contributed by atoms with Crippen LogP contribution in [0.3, 0.4) is 0 Å². The van der Waals surface area contributed by atoms with E-state index in [9.17, 15) is 4.57 Å². The molecule has 0 aliphatic heterocycles. The molecule has 0 N–H and O–H groups in total. The van der Waals surface area contributed by atoms with Gasteiger partial charge in [0.25, 0.3) is 0 Å². The van der Waals surface area contributed by atoms with Crippen LogP contribution in [0.15, 0.2) is 24.3 Å². The van der Waals surface area contributed by atoms with Gasteiger partial charge in [0.2, 0.25) is 0 Å². The van der Waals surface area contributed by atoms with E-state index in [0.29, 0.717) is 5.75 Å². The summed E-state index contributed by atoms with van der Waals surface area (Å²) in [7, 11) is -0.718. The average Bonchev–Trinajstić information content (AvgIpc) is 2.40. The molecular formula is C15H24CoO2P+3. The summed E-state index contributed by atoms with van der Waals surface area (Å²) in [6.45, 7) is 2.25. The van der Waals surface area contributed by atoms with E-state index >= 15 is 0 Å². The Labute approximate surface area is 128 Å². The van der Waals surface area contributed by atoms with Gasteiger partial charge in [0.15, 0.2) is 5.75 Å².